The highest BCUT2D eigenvalue weighted by atomic mass is 32.2. The van der Waals surface area contributed by atoms with Crippen molar-refractivity contribution in [2.45, 2.75) is 43.9 Å². The SMILES string of the molecule is CC(C)(C)c1ccccc1NC(=O)c1cccc(S(=O)(=O)N2CCCC2)c1. The number of nitrogens with one attached hydrogen (secondary N) is 1. The number of anilines is 1. The van der Waals surface area contributed by atoms with E-state index in [0.717, 1.165) is 24.1 Å². The number of amides is 1. The fraction of sp³-hybridized carbons (Fsp3) is 0.381. The van der Waals surface area contributed by atoms with E-state index in [0.29, 0.717) is 18.7 Å². The van der Waals surface area contributed by atoms with Crippen molar-refractivity contribution < 1.29 is 13.2 Å². The van der Waals surface area contributed by atoms with E-state index in [1.165, 1.54) is 10.4 Å². The van der Waals surface area contributed by atoms with Gasteiger partial charge in [-0.15, -0.1) is 0 Å². The molecule has 0 unspecified atom stereocenters. The van der Waals surface area contributed by atoms with E-state index in [-0.39, 0.29) is 16.2 Å². The number of sulfonamides is 1. The lowest BCUT2D eigenvalue weighted by Crippen LogP contribution is -2.28. The lowest BCUT2D eigenvalue weighted by atomic mass is 9.86. The van der Waals surface area contributed by atoms with Gasteiger partial charge in [-0.25, -0.2) is 8.42 Å². The Labute approximate surface area is 161 Å². The molecule has 5 nitrogen and oxygen atoms in total. The summed E-state index contributed by atoms with van der Waals surface area (Å²) in [6, 6.07) is 13.9. The third-order valence-corrected chi connectivity index (χ3v) is 6.68. The molecule has 0 aliphatic carbocycles. The first kappa shape index (κ1) is 19.6. The molecule has 2 aromatic rings. The molecule has 0 saturated carbocycles. The van der Waals surface area contributed by atoms with Crippen LogP contribution in [0.2, 0.25) is 0 Å². The molecule has 3 rings (SSSR count). The Morgan fingerprint density at radius 1 is 1.00 bits per heavy atom. The quantitative estimate of drug-likeness (QED) is 0.863. The monoisotopic (exact) mass is 386 g/mol. The Kier molecular flexibility index (Phi) is 5.40. The van der Waals surface area contributed by atoms with E-state index in [4.69, 9.17) is 0 Å². The molecule has 1 aliphatic heterocycles. The molecule has 1 heterocycles. The van der Waals surface area contributed by atoms with E-state index >= 15 is 0 Å². The zero-order valence-corrected chi connectivity index (χ0v) is 16.8. The van der Waals surface area contributed by atoms with Gasteiger partial charge in [0.1, 0.15) is 0 Å². The van der Waals surface area contributed by atoms with Crippen LogP contribution in [0.25, 0.3) is 0 Å². The van der Waals surface area contributed by atoms with Crippen molar-refractivity contribution in [1.29, 1.82) is 0 Å². The average molecular weight is 387 g/mol. The molecule has 0 atom stereocenters. The Morgan fingerprint density at radius 3 is 2.33 bits per heavy atom. The summed E-state index contributed by atoms with van der Waals surface area (Å²) < 4.78 is 27.0. The van der Waals surface area contributed by atoms with Gasteiger partial charge in [0.15, 0.2) is 0 Å². The van der Waals surface area contributed by atoms with Crippen molar-refractivity contribution >= 4 is 21.6 Å². The van der Waals surface area contributed by atoms with Crippen LogP contribution in [-0.2, 0) is 15.4 Å². The molecule has 1 N–H and O–H groups in total. The number of nitrogens with zero attached hydrogens (tertiary/aromatic N) is 1. The van der Waals surface area contributed by atoms with E-state index in [9.17, 15) is 13.2 Å². The third kappa shape index (κ3) is 4.22. The number of carbonyl (C=O) groups is 1. The molecule has 1 aliphatic rings. The normalized spacial score (nSPS) is 15.7. The van der Waals surface area contributed by atoms with Gasteiger partial charge in [-0.3, -0.25) is 4.79 Å². The summed E-state index contributed by atoms with van der Waals surface area (Å²) in [4.78, 5) is 12.9. The highest BCUT2D eigenvalue weighted by molar-refractivity contribution is 7.89. The van der Waals surface area contributed by atoms with Gasteiger partial charge in [0.2, 0.25) is 10.0 Å². The molecule has 1 fully saturated rings. The van der Waals surface area contributed by atoms with Crippen LogP contribution >= 0.6 is 0 Å². The number of rotatable bonds is 4. The minimum absolute atomic E-state index is 0.120. The number of carbonyl (C=O) groups excluding carboxylic acids is 1. The minimum Gasteiger partial charge on any atom is -0.322 e. The first-order chi connectivity index (χ1) is 12.7. The zero-order chi connectivity index (χ0) is 19.7. The van der Waals surface area contributed by atoms with Gasteiger partial charge in [0.25, 0.3) is 5.91 Å². The number of para-hydroxylation sites is 1. The van der Waals surface area contributed by atoms with Crippen LogP contribution in [-0.4, -0.2) is 31.7 Å². The van der Waals surface area contributed by atoms with Gasteiger partial charge >= 0.3 is 0 Å². The largest absolute Gasteiger partial charge is 0.322 e. The Morgan fingerprint density at radius 2 is 1.67 bits per heavy atom. The predicted octanol–water partition coefficient (Wildman–Crippen LogP) is 4.02. The van der Waals surface area contributed by atoms with Crippen LogP contribution in [0.15, 0.2) is 53.4 Å². The molecule has 2 aromatic carbocycles. The summed E-state index contributed by atoms with van der Waals surface area (Å²) in [5, 5.41) is 2.93. The van der Waals surface area contributed by atoms with Crippen molar-refractivity contribution in [1.82, 2.24) is 4.31 Å². The predicted molar refractivity (Wildman–Crippen MR) is 108 cm³/mol. The third-order valence-electron chi connectivity index (χ3n) is 4.78. The van der Waals surface area contributed by atoms with Crippen LogP contribution in [0.1, 0.15) is 49.5 Å². The molecule has 27 heavy (non-hydrogen) atoms. The number of hydrogen-bond acceptors (Lipinski definition) is 3. The number of hydrogen-bond donors (Lipinski definition) is 1. The first-order valence-electron chi connectivity index (χ1n) is 9.21. The second-order valence-corrected chi connectivity index (χ2v) is 9.83. The molecule has 0 radical (unpaired) electrons. The summed E-state index contributed by atoms with van der Waals surface area (Å²) in [6.07, 6.45) is 1.76. The molecular formula is C21H26N2O3S. The van der Waals surface area contributed by atoms with Crippen LogP contribution in [0.4, 0.5) is 5.69 Å². The summed E-state index contributed by atoms with van der Waals surface area (Å²) in [5.74, 6) is -0.315. The fourth-order valence-electron chi connectivity index (χ4n) is 3.32. The zero-order valence-electron chi connectivity index (χ0n) is 16.0. The maximum absolute atomic E-state index is 12.8. The van der Waals surface area contributed by atoms with Gasteiger partial charge in [-0.05, 0) is 48.1 Å². The molecule has 1 saturated heterocycles. The molecule has 0 aromatic heterocycles. The molecular weight excluding hydrogens is 360 g/mol. The number of benzene rings is 2. The molecule has 6 heteroatoms. The highest BCUT2D eigenvalue weighted by Crippen LogP contribution is 2.29. The van der Waals surface area contributed by atoms with Crippen molar-refractivity contribution in [3.8, 4) is 0 Å². The lowest BCUT2D eigenvalue weighted by molar-refractivity contribution is 0.102. The van der Waals surface area contributed by atoms with Gasteiger partial charge in [-0.2, -0.15) is 4.31 Å². The molecule has 0 bridgehead atoms. The van der Waals surface area contributed by atoms with Crippen molar-refractivity contribution in [3.63, 3.8) is 0 Å². The maximum atomic E-state index is 12.8. The second-order valence-electron chi connectivity index (χ2n) is 7.89. The Balaban J connectivity index is 1.87. The van der Waals surface area contributed by atoms with E-state index in [1.54, 1.807) is 18.2 Å². The average Bonchev–Trinajstić information content (AvgIpc) is 3.17. The standard InChI is InChI=1S/C21H26N2O3S/c1-21(2,3)18-11-4-5-12-19(18)22-20(24)16-9-8-10-17(15-16)27(25,26)23-13-6-7-14-23/h4-5,8-12,15H,6-7,13-14H2,1-3H3,(H,22,24). The minimum atomic E-state index is -3.55. The molecule has 1 amide bonds. The van der Waals surface area contributed by atoms with Crippen LogP contribution in [0, 0.1) is 0 Å². The van der Waals surface area contributed by atoms with E-state index < -0.39 is 10.0 Å². The van der Waals surface area contributed by atoms with Gasteiger partial charge in [0.05, 0.1) is 4.90 Å². The van der Waals surface area contributed by atoms with Crippen LogP contribution in [0.5, 0.6) is 0 Å². The molecule has 144 valence electrons. The first-order valence-corrected chi connectivity index (χ1v) is 10.6. The van der Waals surface area contributed by atoms with Crippen LogP contribution < -0.4 is 5.32 Å². The van der Waals surface area contributed by atoms with Crippen molar-refractivity contribution in [2.24, 2.45) is 0 Å². The van der Waals surface area contributed by atoms with E-state index in [2.05, 4.69) is 26.1 Å². The maximum Gasteiger partial charge on any atom is 0.255 e. The smallest absolute Gasteiger partial charge is 0.255 e. The lowest BCUT2D eigenvalue weighted by Gasteiger charge is -2.23. The Hall–Kier alpha value is -2.18. The highest BCUT2D eigenvalue weighted by Gasteiger charge is 2.27. The topological polar surface area (TPSA) is 66.5 Å². The summed E-state index contributed by atoms with van der Waals surface area (Å²) >= 11 is 0. The van der Waals surface area contributed by atoms with E-state index in [1.807, 2.05) is 24.3 Å². The molecule has 0 spiro atoms. The van der Waals surface area contributed by atoms with Gasteiger partial charge in [-0.1, -0.05) is 45.0 Å². The Bertz CT molecular complexity index is 940. The summed E-state index contributed by atoms with van der Waals surface area (Å²) in [7, 11) is -3.55. The van der Waals surface area contributed by atoms with Crippen LogP contribution in [0.3, 0.4) is 0 Å². The van der Waals surface area contributed by atoms with Crippen molar-refractivity contribution in [3.05, 3.63) is 59.7 Å². The van der Waals surface area contributed by atoms with Crippen molar-refractivity contribution in [2.75, 3.05) is 18.4 Å². The fourth-order valence-corrected chi connectivity index (χ4v) is 4.88. The summed E-state index contributed by atoms with van der Waals surface area (Å²) in [6.45, 7) is 7.33. The van der Waals surface area contributed by atoms with Gasteiger partial charge < -0.3 is 5.32 Å². The second kappa shape index (κ2) is 7.44. The van der Waals surface area contributed by atoms with Gasteiger partial charge in [0, 0.05) is 24.3 Å². The summed E-state index contributed by atoms with van der Waals surface area (Å²) in [5.41, 5.74) is 1.98.